The van der Waals surface area contributed by atoms with E-state index in [1.807, 2.05) is 18.9 Å². The molecule has 0 radical (unpaired) electrons. The minimum absolute atomic E-state index is 0.218. The average Bonchev–Trinajstić information content (AvgIpc) is 1.80. The van der Waals surface area contributed by atoms with E-state index in [2.05, 4.69) is 0 Å². The first-order chi connectivity index (χ1) is 4.66. The lowest BCUT2D eigenvalue weighted by molar-refractivity contribution is -0.151. The zero-order valence-corrected chi connectivity index (χ0v) is 6.37. The molecule has 1 aliphatic rings. The second kappa shape index (κ2) is 2.58. The van der Waals surface area contributed by atoms with E-state index in [1.165, 1.54) is 0 Å². The molecule has 1 rings (SSSR count). The summed E-state index contributed by atoms with van der Waals surface area (Å²) in [6.45, 7) is 2.97. The van der Waals surface area contributed by atoms with Crippen molar-refractivity contribution in [2.75, 3.05) is 13.6 Å². The van der Waals surface area contributed by atoms with Crippen molar-refractivity contribution >= 4 is 5.97 Å². The molecule has 3 heteroatoms. The number of likely N-dealkylation sites (N-methyl/N-ethyl adjacent to an activating group) is 1. The van der Waals surface area contributed by atoms with Gasteiger partial charge in [0.15, 0.2) is 0 Å². The van der Waals surface area contributed by atoms with Gasteiger partial charge in [0.25, 0.3) is 0 Å². The van der Waals surface area contributed by atoms with E-state index in [1.54, 1.807) is 0 Å². The standard InChI is InChI=1S/C7H13NO2/c1-3-5-4-8(2)6(5)7(9)10/h5-6H,3-4H2,1-2H3,(H,9,10)/t5?,6-/m1/s1. The fraction of sp³-hybridized carbons (Fsp3) is 0.857. The van der Waals surface area contributed by atoms with Gasteiger partial charge in [-0.3, -0.25) is 9.69 Å². The lowest BCUT2D eigenvalue weighted by Crippen LogP contribution is -2.57. The minimum Gasteiger partial charge on any atom is -0.480 e. The fourth-order valence-electron chi connectivity index (χ4n) is 1.55. The molecule has 1 N–H and O–H groups in total. The number of hydrogen-bond donors (Lipinski definition) is 1. The zero-order valence-electron chi connectivity index (χ0n) is 6.37. The fourth-order valence-corrected chi connectivity index (χ4v) is 1.55. The Hall–Kier alpha value is -0.570. The molecule has 0 spiro atoms. The van der Waals surface area contributed by atoms with Crippen LogP contribution in [0.3, 0.4) is 0 Å². The monoisotopic (exact) mass is 143 g/mol. The van der Waals surface area contributed by atoms with Crippen molar-refractivity contribution in [3.05, 3.63) is 0 Å². The van der Waals surface area contributed by atoms with Crippen LogP contribution in [0.25, 0.3) is 0 Å². The second-order valence-electron chi connectivity index (χ2n) is 2.89. The van der Waals surface area contributed by atoms with E-state index in [0.717, 1.165) is 13.0 Å². The van der Waals surface area contributed by atoms with Gasteiger partial charge in [-0.15, -0.1) is 0 Å². The molecular formula is C7H13NO2. The van der Waals surface area contributed by atoms with Gasteiger partial charge < -0.3 is 5.11 Å². The van der Waals surface area contributed by atoms with Gasteiger partial charge in [-0.25, -0.2) is 0 Å². The number of carbonyl (C=O) groups is 1. The molecule has 58 valence electrons. The molecule has 0 bridgehead atoms. The summed E-state index contributed by atoms with van der Waals surface area (Å²) in [5.74, 6) is -0.303. The van der Waals surface area contributed by atoms with Gasteiger partial charge in [-0.1, -0.05) is 13.3 Å². The highest BCUT2D eigenvalue weighted by molar-refractivity contribution is 5.75. The Labute approximate surface area is 60.6 Å². The van der Waals surface area contributed by atoms with Crippen LogP contribution in [-0.2, 0) is 4.79 Å². The molecule has 1 fully saturated rings. The Morgan fingerprint density at radius 3 is 2.60 bits per heavy atom. The molecule has 1 saturated heterocycles. The maximum atomic E-state index is 10.5. The maximum absolute atomic E-state index is 10.5. The van der Waals surface area contributed by atoms with Crippen molar-refractivity contribution in [2.24, 2.45) is 5.92 Å². The Morgan fingerprint density at radius 2 is 2.40 bits per heavy atom. The van der Waals surface area contributed by atoms with E-state index in [-0.39, 0.29) is 6.04 Å². The highest BCUT2D eigenvalue weighted by Gasteiger charge is 2.39. The Morgan fingerprint density at radius 1 is 1.80 bits per heavy atom. The predicted molar refractivity (Wildman–Crippen MR) is 37.8 cm³/mol. The van der Waals surface area contributed by atoms with Crippen molar-refractivity contribution in [2.45, 2.75) is 19.4 Å². The summed E-state index contributed by atoms with van der Waals surface area (Å²) in [6, 6.07) is -0.218. The third-order valence-electron chi connectivity index (χ3n) is 2.22. The Kier molecular flexibility index (Phi) is 1.94. The Bertz CT molecular complexity index is 147. The summed E-state index contributed by atoms with van der Waals surface area (Å²) < 4.78 is 0. The van der Waals surface area contributed by atoms with E-state index in [0.29, 0.717) is 5.92 Å². The molecule has 0 saturated carbocycles. The molecule has 3 nitrogen and oxygen atoms in total. The molecule has 1 heterocycles. The third-order valence-corrected chi connectivity index (χ3v) is 2.22. The topological polar surface area (TPSA) is 40.5 Å². The number of carboxylic acids is 1. The van der Waals surface area contributed by atoms with Gasteiger partial charge in [0.1, 0.15) is 6.04 Å². The van der Waals surface area contributed by atoms with Crippen molar-refractivity contribution in [3.63, 3.8) is 0 Å². The van der Waals surface area contributed by atoms with E-state index in [4.69, 9.17) is 5.11 Å². The van der Waals surface area contributed by atoms with Crippen molar-refractivity contribution < 1.29 is 9.90 Å². The zero-order chi connectivity index (χ0) is 7.72. The van der Waals surface area contributed by atoms with Crippen molar-refractivity contribution in [1.82, 2.24) is 4.90 Å². The molecule has 1 unspecified atom stereocenters. The number of carboxylic acid groups (broad SMARTS) is 1. The van der Waals surface area contributed by atoms with Crippen LogP contribution >= 0.6 is 0 Å². The van der Waals surface area contributed by atoms with Crippen LogP contribution in [0.5, 0.6) is 0 Å². The molecule has 1 aliphatic heterocycles. The van der Waals surface area contributed by atoms with Gasteiger partial charge >= 0.3 is 5.97 Å². The summed E-state index contributed by atoms with van der Waals surface area (Å²) >= 11 is 0. The highest BCUT2D eigenvalue weighted by Crippen LogP contribution is 2.25. The van der Waals surface area contributed by atoms with Crippen LogP contribution in [0.2, 0.25) is 0 Å². The van der Waals surface area contributed by atoms with E-state index < -0.39 is 5.97 Å². The molecule has 0 aromatic rings. The molecule has 0 amide bonds. The molecule has 0 aliphatic carbocycles. The molecular weight excluding hydrogens is 130 g/mol. The van der Waals surface area contributed by atoms with E-state index >= 15 is 0 Å². The van der Waals surface area contributed by atoms with Crippen LogP contribution in [0.4, 0.5) is 0 Å². The van der Waals surface area contributed by atoms with Crippen LogP contribution in [0, 0.1) is 5.92 Å². The number of hydrogen-bond acceptors (Lipinski definition) is 2. The van der Waals surface area contributed by atoms with Crippen LogP contribution in [0.1, 0.15) is 13.3 Å². The van der Waals surface area contributed by atoms with Gasteiger partial charge in [-0.05, 0) is 13.0 Å². The summed E-state index contributed by atoms with van der Waals surface area (Å²) in [5.41, 5.74) is 0. The average molecular weight is 143 g/mol. The third kappa shape index (κ3) is 1.01. The summed E-state index contributed by atoms with van der Waals surface area (Å²) in [6.07, 6.45) is 0.974. The highest BCUT2D eigenvalue weighted by atomic mass is 16.4. The normalized spacial score (nSPS) is 33.4. The summed E-state index contributed by atoms with van der Waals surface area (Å²) in [4.78, 5) is 12.4. The van der Waals surface area contributed by atoms with Crippen LogP contribution in [-0.4, -0.2) is 35.6 Å². The smallest absolute Gasteiger partial charge is 0.321 e. The quantitative estimate of drug-likeness (QED) is 0.608. The van der Waals surface area contributed by atoms with Gasteiger partial charge in [-0.2, -0.15) is 0 Å². The predicted octanol–water partition coefficient (Wildman–Crippen LogP) is 0.411. The SMILES string of the molecule is CCC1CN(C)[C@H]1C(=O)O. The lowest BCUT2D eigenvalue weighted by atomic mass is 9.87. The number of rotatable bonds is 2. The number of likely N-dealkylation sites (tertiary alicyclic amines) is 1. The van der Waals surface area contributed by atoms with Crippen molar-refractivity contribution in [1.29, 1.82) is 0 Å². The van der Waals surface area contributed by atoms with Gasteiger partial charge in [0.05, 0.1) is 0 Å². The summed E-state index contributed by atoms with van der Waals surface area (Å²) in [7, 11) is 1.85. The molecule has 0 aromatic carbocycles. The molecule has 2 atom stereocenters. The number of aliphatic carboxylic acids is 1. The van der Waals surface area contributed by atoms with E-state index in [9.17, 15) is 4.79 Å². The minimum atomic E-state index is -0.680. The number of nitrogens with zero attached hydrogens (tertiary/aromatic N) is 1. The van der Waals surface area contributed by atoms with Crippen LogP contribution < -0.4 is 0 Å². The lowest BCUT2D eigenvalue weighted by Gasteiger charge is -2.42. The van der Waals surface area contributed by atoms with Crippen LogP contribution in [0.15, 0.2) is 0 Å². The Balaban J connectivity index is 2.48. The first-order valence-corrected chi connectivity index (χ1v) is 3.59. The largest absolute Gasteiger partial charge is 0.480 e. The second-order valence-corrected chi connectivity index (χ2v) is 2.89. The van der Waals surface area contributed by atoms with Gasteiger partial charge in [0.2, 0.25) is 0 Å². The first kappa shape index (κ1) is 7.54. The van der Waals surface area contributed by atoms with Gasteiger partial charge in [0, 0.05) is 6.54 Å². The maximum Gasteiger partial charge on any atom is 0.321 e. The summed E-state index contributed by atoms with van der Waals surface area (Å²) in [5, 5.41) is 8.66. The van der Waals surface area contributed by atoms with Crippen molar-refractivity contribution in [3.8, 4) is 0 Å². The molecule has 10 heavy (non-hydrogen) atoms. The first-order valence-electron chi connectivity index (χ1n) is 3.59. The molecule has 0 aromatic heterocycles.